The first kappa shape index (κ1) is 17.4. The largest absolute Gasteiger partial charge is 0.480 e. The summed E-state index contributed by atoms with van der Waals surface area (Å²) >= 11 is 7.75. The second-order valence-electron chi connectivity index (χ2n) is 5.25. The van der Waals surface area contributed by atoms with Gasteiger partial charge in [0.2, 0.25) is 5.88 Å². The molecule has 1 aromatic carbocycles. The molecule has 1 N–H and O–H groups in total. The minimum atomic E-state index is -0.239. The molecule has 0 saturated heterocycles. The van der Waals surface area contributed by atoms with Gasteiger partial charge in [0, 0.05) is 16.6 Å². The fourth-order valence-corrected chi connectivity index (χ4v) is 3.65. The molecule has 1 amide bonds. The number of pyridine rings is 1. The van der Waals surface area contributed by atoms with Crippen molar-refractivity contribution in [2.45, 2.75) is 13.5 Å². The molecule has 0 fully saturated rings. The molecule has 0 radical (unpaired) electrons. The van der Waals surface area contributed by atoms with Crippen molar-refractivity contribution in [1.29, 1.82) is 0 Å². The highest BCUT2D eigenvalue weighted by atomic mass is 35.5. The third-order valence-corrected chi connectivity index (χ3v) is 5.14. The molecule has 0 unspecified atom stereocenters. The highest BCUT2D eigenvalue weighted by Gasteiger charge is 2.15. The molecule has 0 aliphatic carbocycles. The van der Waals surface area contributed by atoms with Crippen LogP contribution in [0.3, 0.4) is 0 Å². The molecule has 0 bridgehead atoms. The Morgan fingerprint density at radius 2 is 2.08 bits per heavy atom. The minimum absolute atomic E-state index is 0.239. The van der Waals surface area contributed by atoms with Crippen LogP contribution in [-0.4, -0.2) is 23.0 Å². The first-order chi connectivity index (χ1) is 12.1. The summed E-state index contributed by atoms with van der Waals surface area (Å²) in [7, 11) is 1.49. The summed E-state index contributed by atoms with van der Waals surface area (Å²) in [5.41, 5.74) is 2.17. The number of amides is 1. The Labute approximate surface area is 154 Å². The van der Waals surface area contributed by atoms with E-state index in [-0.39, 0.29) is 5.91 Å². The predicted molar refractivity (Wildman–Crippen MR) is 99.3 cm³/mol. The van der Waals surface area contributed by atoms with Crippen molar-refractivity contribution in [3.8, 4) is 16.5 Å². The lowest BCUT2D eigenvalue weighted by Crippen LogP contribution is -2.23. The fraction of sp³-hybridized carbons (Fsp3) is 0.167. The monoisotopic (exact) mass is 373 g/mol. The molecule has 5 nitrogen and oxygen atoms in total. The molecule has 0 saturated carbocycles. The van der Waals surface area contributed by atoms with E-state index in [1.54, 1.807) is 18.3 Å². The smallest absolute Gasteiger partial charge is 0.257 e. The summed E-state index contributed by atoms with van der Waals surface area (Å²) in [4.78, 5) is 22.0. The third-order valence-electron chi connectivity index (χ3n) is 3.62. The zero-order valence-electron chi connectivity index (χ0n) is 13.7. The summed E-state index contributed by atoms with van der Waals surface area (Å²) in [5, 5.41) is 4.39. The van der Waals surface area contributed by atoms with Gasteiger partial charge in [0.05, 0.1) is 24.4 Å². The average molecular weight is 374 g/mol. The molecule has 25 heavy (non-hydrogen) atoms. The molecule has 3 aromatic rings. The molecule has 128 valence electrons. The van der Waals surface area contributed by atoms with Gasteiger partial charge < -0.3 is 10.1 Å². The molecule has 0 aliphatic rings. The second kappa shape index (κ2) is 7.63. The maximum atomic E-state index is 12.4. The van der Waals surface area contributed by atoms with Crippen LogP contribution in [0, 0.1) is 6.92 Å². The van der Waals surface area contributed by atoms with Gasteiger partial charge in [-0.2, -0.15) is 0 Å². The van der Waals surface area contributed by atoms with Crippen LogP contribution in [0.1, 0.15) is 20.9 Å². The highest BCUT2D eigenvalue weighted by molar-refractivity contribution is 7.15. The topological polar surface area (TPSA) is 64.1 Å². The van der Waals surface area contributed by atoms with Crippen LogP contribution in [0.5, 0.6) is 5.88 Å². The quantitative estimate of drug-likeness (QED) is 0.731. The van der Waals surface area contributed by atoms with E-state index in [1.807, 2.05) is 31.2 Å². The molecule has 3 rings (SSSR count). The third kappa shape index (κ3) is 3.81. The summed E-state index contributed by atoms with van der Waals surface area (Å²) < 4.78 is 5.12. The van der Waals surface area contributed by atoms with Crippen LogP contribution in [0.2, 0.25) is 5.02 Å². The number of rotatable bonds is 5. The van der Waals surface area contributed by atoms with Gasteiger partial charge in [-0.3, -0.25) is 4.79 Å². The molecule has 0 spiro atoms. The van der Waals surface area contributed by atoms with E-state index in [9.17, 15) is 4.79 Å². The van der Waals surface area contributed by atoms with Crippen molar-refractivity contribution in [3.05, 3.63) is 63.8 Å². The molecule has 0 atom stereocenters. The van der Waals surface area contributed by atoms with Gasteiger partial charge in [-0.1, -0.05) is 29.8 Å². The number of hydrogen-bond donors (Lipinski definition) is 1. The normalized spacial score (nSPS) is 10.5. The van der Waals surface area contributed by atoms with E-state index in [0.29, 0.717) is 23.0 Å². The molecule has 2 heterocycles. The summed E-state index contributed by atoms with van der Waals surface area (Å²) in [6.07, 6.45) is 1.58. The van der Waals surface area contributed by atoms with Crippen molar-refractivity contribution in [2.24, 2.45) is 0 Å². The van der Waals surface area contributed by atoms with Crippen LogP contribution in [0.4, 0.5) is 0 Å². The lowest BCUT2D eigenvalue weighted by molar-refractivity contribution is 0.0947. The van der Waals surface area contributed by atoms with E-state index in [4.69, 9.17) is 16.3 Å². The van der Waals surface area contributed by atoms with E-state index in [1.165, 1.54) is 18.4 Å². The number of aromatic nitrogens is 2. The van der Waals surface area contributed by atoms with E-state index < -0.39 is 0 Å². The van der Waals surface area contributed by atoms with E-state index >= 15 is 0 Å². The fourth-order valence-electron chi connectivity index (χ4n) is 2.32. The van der Waals surface area contributed by atoms with Crippen molar-refractivity contribution in [2.75, 3.05) is 7.11 Å². The number of benzene rings is 1. The molecular weight excluding hydrogens is 358 g/mol. The Hall–Kier alpha value is -2.44. The summed E-state index contributed by atoms with van der Waals surface area (Å²) in [6.45, 7) is 2.30. The van der Waals surface area contributed by atoms with Crippen LogP contribution in [0.15, 0.2) is 42.6 Å². The summed E-state index contributed by atoms with van der Waals surface area (Å²) in [5.74, 6) is 0.0647. The first-order valence-electron chi connectivity index (χ1n) is 7.58. The Bertz CT molecular complexity index is 911. The minimum Gasteiger partial charge on any atom is -0.480 e. The number of thiazole rings is 1. The Balaban J connectivity index is 1.76. The van der Waals surface area contributed by atoms with Crippen molar-refractivity contribution < 1.29 is 9.53 Å². The number of carbonyl (C=O) groups excluding carboxylic acids is 1. The standard InChI is InChI=1S/C18H16ClN3O2S/c1-11-15(25-18(22-11)12-6-3-4-8-14(12)19)10-21-16(23)13-7-5-9-20-17(13)24-2/h3-9H,10H2,1-2H3,(H,21,23). The molecule has 2 aromatic heterocycles. The lowest BCUT2D eigenvalue weighted by atomic mass is 10.2. The maximum absolute atomic E-state index is 12.4. The van der Waals surface area contributed by atoms with Crippen LogP contribution in [-0.2, 0) is 6.54 Å². The number of ether oxygens (including phenoxy) is 1. The Morgan fingerprint density at radius 1 is 1.28 bits per heavy atom. The number of nitrogens with one attached hydrogen (secondary N) is 1. The SMILES string of the molecule is COc1ncccc1C(=O)NCc1sc(-c2ccccc2Cl)nc1C. The molecule has 7 heteroatoms. The van der Waals surface area contributed by atoms with Gasteiger partial charge in [-0.15, -0.1) is 11.3 Å². The van der Waals surface area contributed by atoms with Crippen LogP contribution >= 0.6 is 22.9 Å². The van der Waals surface area contributed by atoms with E-state index in [2.05, 4.69) is 15.3 Å². The molecule has 0 aliphatic heterocycles. The van der Waals surface area contributed by atoms with Crippen molar-refractivity contribution in [3.63, 3.8) is 0 Å². The number of halogens is 1. The van der Waals surface area contributed by atoms with Gasteiger partial charge in [0.15, 0.2) is 0 Å². The first-order valence-corrected chi connectivity index (χ1v) is 8.78. The number of aryl methyl sites for hydroxylation is 1. The van der Waals surface area contributed by atoms with Crippen LogP contribution in [0.25, 0.3) is 10.6 Å². The Kier molecular flexibility index (Phi) is 5.31. The lowest BCUT2D eigenvalue weighted by Gasteiger charge is -2.07. The van der Waals surface area contributed by atoms with Gasteiger partial charge in [-0.05, 0) is 25.1 Å². The predicted octanol–water partition coefficient (Wildman–Crippen LogP) is 4.11. The number of carbonyl (C=O) groups is 1. The van der Waals surface area contributed by atoms with Crippen molar-refractivity contribution in [1.82, 2.24) is 15.3 Å². The number of methoxy groups -OCH3 is 1. The summed E-state index contributed by atoms with van der Waals surface area (Å²) in [6, 6.07) is 11.0. The number of hydrogen-bond acceptors (Lipinski definition) is 5. The zero-order chi connectivity index (χ0) is 17.8. The van der Waals surface area contributed by atoms with Gasteiger partial charge in [-0.25, -0.2) is 9.97 Å². The molecular formula is C18H16ClN3O2S. The second-order valence-corrected chi connectivity index (χ2v) is 6.74. The average Bonchev–Trinajstić information content (AvgIpc) is 3.00. The van der Waals surface area contributed by atoms with E-state index in [0.717, 1.165) is 21.1 Å². The Morgan fingerprint density at radius 3 is 2.84 bits per heavy atom. The van der Waals surface area contributed by atoms with Crippen LogP contribution < -0.4 is 10.1 Å². The highest BCUT2D eigenvalue weighted by Crippen LogP contribution is 2.32. The van der Waals surface area contributed by atoms with Crippen molar-refractivity contribution >= 4 is 28.8 Å². The zero-order valence-corrected chi connectivity index (χ0v) is 15.3. The van der Waals surface area contributed by atoms with Gasteiger partial charge >= 0.3 is 0 Å². The number of nitrogens with zero attached hydrogens (tertiary/aromatic N) is 2. The van der Waals surface area contributed by atoms with Gasteiger partial charge in [0.1, 0.15) is 10.6 Å². The maximum Gasteiger partial charge on any atom is 0.257 e. The van der Waals surface area contributed by atoms with Gasteiger partial charge in [0.25, 0.3) is 5.91 Å².